The van der Waals surface area contributed by atoms with Crippen molar-refractivity contribution in [3.63, 3.8) is 0 Å². The van der Waals surface area contributed by atoms with Crippen LogP contribution < -0.4 is 0 Å². The van der Waals surface area contributed by atoms with E-state index in [4.69, 9.17) is 0 Å². The molecule has 4 nitrogen and oxygen atoms in total. The van der Waals surface area contributed by atoms with Crippen LogP contribution in [0.25, 0.3) is 0 Å². The SMILES string of the molecule is [CH2]C(=O)OC(C)C(=O)OCCF. The lowest BCUT2D eigenvalue weighted by Crippen LogP contribution is -2.25. The predicted octanol–water partition coefficient (Wildman–Crippen LogP) is 0.265. The molecule has 0 aliphatic rings. The van der Waals surface area contributed by atoms with Crippen LogP contribution in [0.4, 0.5) is 4.39 Å². The number of halogens is 1. The van der Waals surface area contributed by atoms with Crippen LogP contribution in [0.15, 0.2) is 0 Å². The van der Waals surface area contributed by atoms with Crippen LogP contribution in [0.3, 0.4) is 0 Å². The normalized spacial score (nSPS) is 11.9. The predicted molar refractivity (Wildman–Crippen MR) is 37.8 cm³/mol. The first-order chi connectivity index (χ1) is 5.57. The minimum atomic E-state index is -1.03. The molecule has 1 radical (unpaired) electrons. The minimum Gasteiger partial charge on any atom is -0.460 e. The third-order valence-corrected chi connectivity index (χ3v) is 0.962. The summed E-state index contributed by atoms with van der Waals surface area (Å²) in [5.74, 6) is -1.59. The summed E-state index contributed by atoms with van der Waals surface area (Å²) in [5.41, 5.74) is 0. The lowest BCUT2D eigenvalue weighted by Gasteiger charge is -2.09. The van der Waals surface area contributed by atoms with Crippen molar-refractivity contribution in [2.24, 2.45) is 0 Å². The zero-order valence-electron chi connectivity index (χ0n) is 6.71. The molecule has 1 atom stereocenters. The molecule has 0 aliphatic carbocycles. The highest BCUT2D eigenvalue weighted by Crippen LogP contribution is 1.94. The Morgan fingerprint density at radius 3 is 2.58 bits per heavy atom. The lowest BCUT2D eigenvalue weighted by molar-refractivity contribution is -0.164. The molecular formula is C7H10FO4. The summed E-state index contributed by atoms with van der Waals surface area (Å²) in [4.78, 5) is 21.0. The molecule has 5 heteroatoms. The van der Waals surface area contributed by atoms with Crippen LogP contribution in [-0.2, 0) is 19.1 Å². The number of alkyl halides is 1. The maximum absolute atomic E-state index is 11.5. The molecule has 0 bridgehead atoms. The zero-order chi connectivity index (χ0) is 9.56. The molecule has 0 heterocycles. The van der Waals surface area contributed by atoms with Crippen LogP contribution in [0, 0.1) is 6.92 Å². The van der Waals surface area contributed by atoms with Crippen LogP contribution in [0.2, 0.25) is 0 Å². The standard InChI is InChI=1S/C7H10FO4/c1-5(12-6(2)9)7(10)11-4-3-8/h5H,2-4H2,1H3. The summed E-state index contributed by atoms with van der Waals surface area (Å²) >= 11 is 0. The average Bonchev–Trinajstić information content (AvgIpc) is 1.98. The highest BCUT2D eigenvalue weighted by molar-refractivity contribution is 5.80. The molecule has 0 saturated carbocycles. The van der Waals surface area contributed by atoms with Gasteiger partial charge in [-0.3, -0.25) is 4.79 Å². The molecule has 0 amide bonds. The van der Waals surface area contributed by atoms with Gasteiger partial charge in [-0.05, 0) is 6.92 Å². The van der Waals surface area contributed by atoms with Gasteiger partial charge in [-0.25, -0.2) is 9.18 Å². The van der Waals surface area contributed by atoms with Crippen LogP contribution >= 0.6 is 0 Å². The zero-order valence-corrected chi connectivity index (χ0v) is 6.71. The fourth-order valence-electron chi connectivity index (χ4n) is 0.502. The topological polar surface area (TPSA) is 52.6 Å². The third kappa shape index (κ3) is 4.65. The van der Waals surface area contributed by atoms with Crippen molar-refractivity contribution < 1.29 is 23.5 Å². The van der Waals surface area contributed by atoms with E-state index >= 15 is 0 Å². The number of hydrogen-bond donors (Lipinski definition) is 0. The summed E-state index contributed by atoms with van der Waals surface area (Å²) in [7, 11) is 0. The van der Waals surface area contributed by atoms with Gasteiger partial charge in [0.25, 0.3) is 0 Å². The van der Waals surface area contributed by atoms with Gasteiger partial charge in [0.2, 0.25) is 0 Å². The first-order valence-corrected chi connectivity index (χ1v) is 3.33. The van der Waals surface area contributed by atoms with Crippen molar-refractivity contribution in [1.29, 1.82) is 0 Å². The summed E-state index contributed by atoms with van der Waals surface area (Å²) in [5, 5.41) is 0. The van der Waals surface area contributed by atoms with Crippen molar-refractivity contribution in [2.45, 2.75) is 13.0 Å². The molecule has 0 fully saturated rings. The second-order valence-corrected chi connectivity index (χ2v) is 1.99. The molecule has 69 valence electrons. The molecule has 0 aromatic carbocycles. The second-order valence-electron chi connectivity index (χ2n) is 1.99. The molecule has 0 spiro atoms. The van der Waals surface area contributed by atoms with E-state index in [1.165, 1.54) is 6.92 Å². The average molecular weight is 177 g/mol. The van der Waals surface area contributed by atoms with Gasteiger partial charge in [0.05, 0.1) is 6.92 Å². The Kier molecular flexibility index (Phi) is 4.99. The Morgan fingerprint density at radius 1 is 1.58 bits per heavy atom. The van der Waals surface area contributed by atoms with E-state index in [0.29, 0.717) is 0 Å². The molecule has 0 aromatic heterocycles. The Morgan fingerprint density at radius 2 is 2.17 bits per heavy atom. The van der Waals surface area contributed by atoms with E-state index in [2.05, 4.69) is 16.4 Å². The molecule has 0 aromatic rings. The van der Waals surface area contributed by atoms with E-state index in [9.17, 15) is 14.0 Å². The third-order valence-electron chi connectivity index (χ3n) is 0.962. The number of ether oxygens (including phenoxy) is 2. The Hall–Kier alpha value is -1.13. The van der Waals surface area contributed by atoms with E-state index in [0.717, 1.165) is 0 Å². The Balaban J connectivity index is 3.69. The van der Waals surface area contributed by atoms with Crippen LogP contribution in [-0.4, -0.2) is 31.3 Å². The lowest BCUT2D eigenvalue weighted by atomic mass is 10.4. The molecule has 0 saturated heterocycles. The largest absolute Gasteiger partial charge is 0.460 e. The molecule has 0 N–H and O–H groups in total. The van der Waals surface area contributed by atoms with Gasteiger partial charge < -0.3 is 9.47 Å². The van der Waals surface area contributed by atoms with Crippen molar-refractivity contribution in [3.8, 4) is 0 Å². The van der Waals surface area contributed by atoms with E-state index in [-0.39, 0.29) is 6.61 Å². The van der Waals surface area contributed by atoms with Gasteiger partial charge in [0, 0.05) is 0 Å². The van der Waals surface area contributed by atoms with Gasteiger partial charge in [0.15, 0.2) is 6.10 Å². The highest BCUT2D eigenvalue weighted by atomic mass is 19.1. The molecule has 0 aliphatic heterocycles. The first kappa shape index (κ1) is 10.9. The van der Waals surface area contributed by atoms with E-state index in [1.54, 1.807) is 0 Å². The van der Waals surface area contributed by atoms with E-state index < -0.39 is 24.7 Å². The molecule has 12 heavy (non-hydrogen) atoms. The molecule has 1 unspecified atom stereocenters. The monoisotopic (exact) mass is 177 g/mol. The Labute approximate surface area is 69.6 Å². The van der Waals surface area contributed by atoms with Gasteiger partial charge >= 0.3 is 11.9 Å². The fraction of sp³-hybridized carbons (Fsp3) is 0.571. The summed E-state index contributed by atoms with van der Waals surface area (Å²) in [6.07, 6.45) is -1.03. The van der Waals surface area contributed by atoms with Gasteiger partial charge in [-0.1, -0.05) is 0 Å². The summed E-state index contributed by atoms with van der Waals surface area (Å²) in [6, 6.07) is 0. The minimum absolute atomic E-state index is 0.322. The van der Waals surface area contributed by atoms with Gasteiger partial charge in [0.1, 0.15) is 13.3 Å². The fourth-order valence-corrected chi connectivity index (χ4v) is 0.502. The number of carbonyl (C=O) groups is 2. The molecule has 0 rings (SSSR count). The number of rotatable bonds is 4. The van der Waals surface area contributed by atoms with Gasteiger partial charge in [-0.2, -0.15) is 0 Å². The van der Waals surface area contributed by atoms with E-state index in [1.807, 2.05) is 0 Å². The van der Waals surface area contributed by atoms with Crippen LogP contribution in [0.5, 0.6) is 0 Å². The summed E-state index contributed by atoms with van der Waals surface area (Å²) in [6.45, 7) is 3.15. The Bertz CT molecular complexity index is 169. The number of hydrogen-bond acceptors (Lipinski definition) is 4. The van der Waals surface area contributed by atoms with Crippen molar-refractivity contribution in [2.75, 3.05) is 13.3 Å². The van der Waals surface area contributed by atoms with Crippen molar-refractivity contribution in [1.82, 2.24) is 0 Å². The number of esters is 2. The first-order valence-electron chi connectivity index (χ1n) is 3.33. The smallest absolute Gasteiger partial charge is 0.347 e. The van der Waals surface area contributed by atoms with Gasteiger partial charge in [-0.15, -0.1) is 0 Å². The summed E-state index contributed by atoms with van der Waals surface area (Å²) < 4.78 is 20.2. The van der Waals surface area contributed by atoms with Crippen molar-refractivity contribution in [3.05, 3.63) is 6.92 Å². The maximum atomic E-state index is 11.5. The van der Waals surface area contributed by atoms with Crippen molar-refractivity contribution >= 4 is 11.9 Å². The van der Waals surface area contributed by atoms with Crippen LogP contribution in [0.1, 0.15) is 6.92 Å². The number of carbonyl (C=O) groups excluding carboxylic acids is 2. The maximum Gasteiger partial charge on any atom is 0.347 e. The second kappa shape index (κ2) is 5.51. The quantitative estimate of drug-likeness (QED) is 0.578. The molecular weight excluding hydrogens is 167 g/mol. The highest BCUT2D eigenvalue weighted by Gasteiger charge is 2.16.